The van der Waals surface area contributed by atoms with Crippen LogP contribution in [0.25, 0.3) is 0 Å². The van der Waals surface area contributed by atoms with Gasteiger partial charge in [0.15, 0.2) is 17.3 Å². The molecule has 0 aliphatic heterocycles. The van der Waals surface area contributed by atoms with Crippen molar-refractivity contribution in [2.24, 2.45) is 0 Å². The van der Waals surface area contributed by atoms with Crippen LogP contribution in [0.3, 0.4) is 0 Å². The number of ether oxygens (including phenoxy) is 4. The van der Waals surface area contributed by atoms with E-state index in [4.69, 9.17) is 18.9 Å². The van der Waals surface area contributed by atoms with Gasteiger partial charge in [0.1, 0.15) is 19.6 Å². The second-order valence-corrected chi connectivity index (χ2v) is 6.73. The van der Waals surface area contributed by atoms with Gasteiger partial charge in [-0.15, -0.1) is 0 Å². The molecule has 160 valence electrons. The van der Waals surface area contributed by atoms with E-state index in [1.54, 1.807) is 0 Å². The Morgan fingerprint density at radius 1 is 0.742 bits per heavy atom. The average Bonchev–Trinajstić information content (AvgIpc) is 2.82. The molecule has 6 nitrogen and oxygen atoms in total. The maximum Gasteiger partial charge on any atom is 0.314 e. The molecule has 0 atom stereocenters. The summed E-state index contributed by atoms with van der Waals surface area (Å²) >= 11 is 0. The molecule has 0 fully saturated rings. The highest BCUT2D eigenvalue weighted by Gasteiger charge is 2.20. The van der Waals surface area contributed by atoms with Crippen molar-refractivity contribution in [3.05, 3.63) is 89.5 Å². The second-order valence-electron chi connectivity index (χ2n) is 6.73. The number of ketones is 1. The number of hydrogen-bond donors (Lipinski definition) is 0. The molecule has 0 amide bonds. The lowest BCUT2D eigenvalue weighted by atomic mass is 10.1. The molecule has 0 radical (unpaired) electrons. The zero-order chi connectivity index (χ0) is 22.1. The van der Waals surface area contributed by atoms with E-state index in [0.717, 1.165) is 11.1 Å². The summed E-state index contributed by atoms with van der Waals surface area (Å²) < 4.78 is 21.9. The molecule has 0 heterocycles. The zero-order valence-corrected chi connectivity index (χ0v) is 17.5. The van der Waals surface area contributed by atoms with E-state index < -0.39 is 11.8 Å². The predicted octanol–water partition coefficient (Wildman–Crippen LogP) is 4.60. The van der Waals surface area contributed by atoms with Gasteiger partial charge in [-0.3, -0.25) is 9.59 Å². The van der Waals surface area contributed by atoms with Gasteiger partial charge in [0, 0.05) is 5.56 Å². The van der Waals surface area contributed by atoms with E-state index in [1.807, 2.05) is 60.7 Å². The number of hydrogen-bond acceptors (Lipinski definition) is 6. The minimum absolute atomic E-state index is 0.117. The maximum absolute atomic E-state index is 12.6. The third-order valence-electron chi connectivity index (χ3n) is 4.56. The second kappa shape index (κ2) is 10.8. The number of carbonyl (C=O) groups excluding carboxylic acids is 2. The number of esters is 1. The highest BCUT2D eigenvalue weighted by Crippen LogP contribution is 2.39. The van der Waals surface area contributed by atoms with Crippen LogP contribution >= 0.6 is 0 Å². The van der Waals surface area contributed by atoms with Gasteiger partial charge >= 0.3 is 5.97 Å². The molecular weight excluding hydrogens is 396 g/mol. The van der Waals surface area contributed by atoms with Gasteiger partial charge in [0.25, 0.3) is 0 Å². The Balaban J connectivity index is 1.68. The summed E-state index contributed by atoms with van der Waals surface area (Å²) in [5.74, 6) is 0.0742. The quantitative estimate of drug-likeness (QED) is 0.271. The fraction of sp³-hybridized carbons (Fsp3) is 0.200. The fourth-order valence-electron chi connectivity index (χ4n) is 2.94. The van der Waals surface area contributed by atoms with Gasteiger partial charge in [-0.25, -0.2) is 0 Å². The summed E-state index contributed by atoms with van der Waals surface area (Å²) in [5.41, 5.74) is 2.11. The molecular formula is C25H24O6. The first-order chi connectivity index (χ1) is 15.1. The topological polar surface area (TPSA) is 71.1 Å². The Kier molecular flexibility index (Phi) is 7.65. The molecule has 31 heavy (non-hydrogen) atoms. The van der Waals surface area contributed by atoms with Gasteiger partial charge < -0.3 is 18.9 Å². The van der Waals surface area contributed by atoms with Crippen molar-refractivity contribution in [3.8, 4) is 17.2 Å². The van der Waals surface area contributed by atoms with E-state index in [2.05, 4.69) is 0 Å². The van der Waals surface area contributed by atoms with Crippen LogP contribution in [0.15, 0.2) is 72.8 Å². The number of carbonyl (C=O) groups is 2. The zero-order valence-electron chi connectivity index (χ0n) is 17.5. The molecule has 0 aliphatic carbocycles. The Morgan fingerprint density at radius 2 is 1.26 bits per heavy atom. The Morgan fingerprint density at radius 3 is 1.77 bits per heavy atom. The normalized spacial score (nSPS) is 10.3. The largest absolute Gasteiger partial charge is 0.493 e. The summed E-state index contributed by atoms with van der Waals surface area (Å²) in [5, 5.41) is 0. The maximum atomic E-state index is 12.6. The molecule has 0 N–H and O–H groups in total. The van der Waals surface area contributed by atoms with Crippen molar-refractivity contribution >= 4 is 11.8 Å². The summed E-state index contributed by atoms with van der Waals surface area (Å²) in [6.45, 7) is 0.429. The van der Waals surface area contributed by atoms with E-state index in [0.29, 0.717) is 23.9 Å². The third kappa shape index (κ3) is 6.09. The van der Waals surface area contributed by atoms with Crippen LogP contribution in [0, 0.1) is 0 Å². The van der Waals surface area contributed by atoms with Crippen molar-refractivity contribution in [1.82, 2.24) is 0 Å². The van der Waals surface area contributed by atoms with E-state index in [-0.39, 0.29) is 18.6 Å². The highest BCUT2D eigenvalue weighted by atomic mass is 16.5. The minimum atomic E-state index is -0.601. The molecule has 0 saturated carbocycles. The predicted molar refractivity (Wildman–Crippen MR) is 116 cm³/mol. The molecule has 3 rings (SSSR count). The monoisotopic (exact) mass is 420 g/mol. The molecule has 0 bridgehead atoms. The van der Waals surface area contributed by atoms with Crippen LogP contribution in [0.1, 0.15) is 27.9 Å². The SMILES string of the molecule is COc1cc(C(=O)CC(=O)OCc2ccccc2)cc(OC)c1OCc1ccccc1. The molecule has 0 aromatic heterocycles. The first kappa shape index (κ1) is 21.9. The number of Topliss-reactive ketones (excluding diaryl/α,β-unsaturated/α-hetero) is 1. The first-order valence-corrected chi connectivity index (χ1v) is 9.76. The van der Waals surface area contributed by atoms with Crippen molar-refractivity contribution in [2.45, 2.75) is 19.6 Å². The Hall–Kier alpha value is -3.80. The summed E-state index contributed by atoms with van der Waals surface area (Å²) in [7, 11) is 2.96. The van der Waals surface area contributed by atoms with Crippen molar-refractivity contribution in [2.75, 3.05) is 14.2 Å². The van der Waals surface area contributed by atoms with Gasteiger partial charge in [0.2, 0.25) is 5.75 Å². The average molecular weight is 420 g/mol. The third-order valence-corrected chi connectivity index (χ3v) is 4.56. The van der Waals surface area contributed by atoms with Crippen molar-refractivity contribution < 1.29 is 28.5 Å². The van der Waals surface area contributed by atoms with Gasteiger partial charge in [-0.2, -0.15) is 0 Å². The van der Waals surface area contributed by atoms with Crippen molar-refractivity contribution in [1.29, 1.82) is 0 Å². The standard InChI is InChI=1S/C25H24O6/c1-28-22-13-20(21(26)15-24(27)30-16-18-9-5-3-6-10-18)14-23(29-2)25(22)31-17-19-11-7-4-8-12-19/h3-14H,15-17H2,1-2H3. The fourth-order valence-corrected chi connectivity index (χ4v) is 2.94. The molecule has 0 spiro atoms. The van der Waals surface area contributed by atoms with Crippen LogP contribution < -0.4 is 14.2 Å². The lowest BCUT2D eigenvalue weighted by Crippen LogP contribution is -2.12. The van der Waals surface area contributed by atoms with Crippen molar-refractivity contribution in [3.63, 3.8) is 0 Å². The number of rotatable bonds is 10. The molecule has 0 unspecified atom stereocenters. The minimum Gasteiger partial charge on any atom is -0.493 e. The van der Waals surface area contributed by atoms with Crippen LogP contribution in [-0.4, -0.2) is 26.0 Å². The molecule has 3 aromatic carbocycles. The number of methoxy groups -OCH3 is 2. The van der Waals surface area contributed by atoms with E-state index in [1.165, 1.54) is 26.4 Å². The summed E-state index contributed by atoms with van der Waals surface area (Å²) in [4.78, 5) is 24.7. The van der Waals surface area contributed by atoms with Gasteiger partial charge in [-0.05, 0) is 23.3 Å². The van der Waals surface area contributed by atoms with Crippen LogP contribution in [0.2, 0.25) is 0 Å². The summed E-state index contributed by atoms with van der Waals surface area (Å²) in [6.07, 6.45) is -0.386. The lowest BCUT2D eigenvalue weighted by Gasteiger charge is -2.16. The molecule has 0 saturated heterocycles. The highest BCUT2D eigenvalue weighted by molar-refractivity contribution is 6.06. The van der Waals surface area contributed by atoms with Gasteiger partial charge in [0.05, 0.1) is 14.2 Å². The number of benzene rings is 3. The van der Waals surface area contributed by atoms with Crippen LogP contribution in [0.5, 0.6) is 17.2 Å². The smallest absolute Gasteiger partial charge is 0.314 e. The van der Waals surface area contributed by atoms with E-state index in [9.17, 15) is 9.59 Å². The molecule has 0 aliphatic rings. The first-order valence-electron chi connectivity index (χ1n) is 9.76. The Labute approximate surface area is 181 Å². The summed E-state index contributed by atoms with van der Waals surface area (Å²) in [6, 6.07) is 22.0. The van der Waals surface area contributed by atoms with Gasteiger partial charge in [-0.1, -0.05) is 60.7 Å². The Bertz CT molecular complexity index is 990. The van der Waals surface area contributed by atoms with E-state index >= 15 is 0 Å². The van der Waals surface area contributed by atoms with Crippen LogP contribution in [-0.2, 0) is 22.7 Å². The lowest BCUT2D eigenvalue weighted by molar-refractivity contribution is -0.143. The van der Waals surface area contributed by atoms with Crippen LogP contribution in [0.4, 0.5) is 0 Å². The molecule has 3 aromatic rings. The molecule has 6 heteroatoms.